The lowest BCUT2D eigenvalue weighted by Gasteiger charge is -2.40. The van der Waals surface area contributed by atoms with Crippen LogP contribution in [0.3, 0.4) is 0 Å². The molecule has 0 saturated heterocycles. The Kier molecular flexibility index (Phi) is 6.62. The Bertz CT molecular complexity index is 3430. The summed E-state index contributed by atoms with van der Waals surface area (Å²) in [6.07, 6.45) is 0. The van der Waals surface area contributed by atoms with Crippen molar-refractivity contribution in [1.29, 1.82) is 0 Å². The minimum absolute atomic E-state index is 0.148. The molecule has 9 aromatic carbocycles. The second-order valence-electron chi connectivity index (χ2n) is 16.7. The van der Waals surface area contributed by atoms with Gasteiger partial charge in [-0.25, -0.2) is 0 Å². The minimum Gasteiger partial charge on any atom is -0.456 e. The van der Waals surface area contributed by atoms with Crippen LogP contribution in [-0.4, -0.2) is 0 Å². The van der Waals surface area contributed by atoms with E-state index in [4.69, 9.17) is 4.74 Å². The number of rotatable bonds is 3. The summed E-state index contributed by atoms with van der Waals surface area (Å²) in [4.78, 5) is 2.57. The van der Waals surface area contributed by atoms with Gasteiger partial charge in [-0.1, -0.05) is 166 Å². The van der Waals surface area contributed by atoms with E-state index in [9.17, 15) is 0 Å². The van der Waals surface area contributed by atoms with Gasteiger partial charge in [-0.05, 0) is 80.7 Å². The molecular formula is C56H37NOS. The lowest BCUT2D eigenvalue weighted by atomic mass is 9.65. The maximum Gasteiger partial charge on any atom is 0.140 e. The molecule has 1 atom stereocenters. The molecule has 278 valence electrons. The number of fused-ring (bicyclic) bond motifs is 17. The second kappa shape index (κ2) is 11.8. The van der Waals surface area contributed by atoms with E-state index in [-0.39, 0.29) is 5.41 Å². The van der Waals surface area contributed by atoms with Crippen LogP contribution in [0.1, 0.15) is 47.2 Å². The maximum atomic E-state index is 6.98. The summed E-state index contributed by atoms with van der Waals surface area (Å²) in [5, 5.41) is 4.88. The molecule has 3 aliphatic rings. The number of nitrogens with zero attached hydrogens (tertiary/aromatic N) is 1. The Hall–Kier alpha value is -6.94. The maximum absolute atomic E-state index is 6.98. The van der Waals surface area contributed by atoms with Crippen LogP contribution in [0.15, 0.2) is 188 Å². The van der Waals surface area contributed by atoms with Crippen molar-refractivity contribution >= 4 is 59.3 Å². The highest BCUT2D eigenvalue weighted by Crippen LogP contribution is 2.65. The van der Waals surface area contributed by atoms with Crippen molar-refractivity contribution in [3.63, 3.8) is 0 Å². The molecule has 1 aromatic heterocycles. The van der Waals surface area contributed by atoms with Crippen molar-refractivity contribution in [1.82, 2.24) is 0 Å². The first-order chi connectivity index (χ1) is 29.0. The van der Waals surface area contributed by atoms with Gasteiger partial charge >= 0.3 is 0 Å². The molecule has 2 aliphatic carbocycles. The summed E-state index contributed by atoms with van der Waals surface area (Å²) < 4.78 is 9.56. The molecule has 1 aliphatic heterocycles. The van der Waals surface area contributed by atoms with Crippen molar-refractivity contribution in [3.8, 4) is 33.8 Å². The van der Waals surface area contributed by atoms with Crippen LogP contribution < -0.4 is 9.64 Å². The predicted octanol–water partition coefficient (Wildman–Crippen LogP) is 15.5. The van der Waals surface area contributed by atoms with Crippen molar-refractivity contribution in [3.05, 3.63) is 221 Å². The predicted molar refractivity (Wildman–Crippen MR) is 246 cm³/mol. The Labute approximate surface area is 347 Å². The minimum atomic E-state index is -0.604. The Balaban J connectivity index is 1.15. The van der Waals surface area contributed by atoms with Crippen molar-refractivity contribution in [2.45, 2.75) is 24.7 Å². The normalized spacial score (nSPS) is 16.3. The lowest BCUT2D eigenvalue weighted by Crippen LogP contribution is -2.32. The van der Waals surface area contributed by atoms with Crippen LogP contribution in [0, 0.1) is 0 Å². The van der Waals surface area contributed by atoms with Gasteiger partial charge in [0.2, 0.25) is 0 Å². The fourth-order valence-corrected chi connectivity index (χ4v) is 12.2. The zero-order chi connectivity index (χ0) is 39.0. The summed E-state index contributed by atoms with van der Waals surface area (Å²) in [5.74, 6) is 1.83. The molecule has 13 rings (SSSR count). The third-order valence-electron chi connectivity index (χ3n) is 13.5. The smallest absolute Gasteiger partial charge is 0.140 e. The molecule has 1 spiro atoms. The van der Waals surface area contributed by atoms with E-state index >= 15 is 0 Å². The molecular weight excluding hydrogens is 735 g/mol. The highest BCUT2D eigenvalue weighted by molar-refractivity contribution is 7.26. The molecule has 0 amide bonds. The SMILES string of the molecule is CC1(C)c2ccccc2-c2ccc(N(c3cccc4c3-c3ccccc3C43c4ccccc4Oc4c3ccc3ccccc43)c3cccc4c3sc3ccccc34)cc21. The van der Waals surface area contributed by atoms with Gasteiger partial charge in [0, 0.05) is 48.7 Å². The van der Waals surface area contributed by atoms with Crippen LogP contribution in [0.2, 0.25) is 0 Å². The molecule has 2 heterocycles. The van der Waals surface area contributed by atoms with E-state index in [1.807, 2.05) is 11.3 Å². The molecule has 0 radical (unpaired) electrons. The van der Waals surface area contributed by atoms with Gasteiger partial charge in [0.15, 0.2) is 0 Å². The number of ether oxygens (including phenoxy) is 1. The van der Waals surface area contributed by atoms with E-state index in [0.717, 1.165) is 28.3 Å². The first kappa shape index (κ1) is 33.1. The molecule has 0 bridgehead atoms. The Morgan fingerprint density at radius 3 is 2.02 bits per heavy atom. The van der Waals surface area contributed by atoms with Gasteiger partial charge in [-0.2, -0.15) is 0 Å². The average Bonchev–Trinajstić information content (AvgIpc) is 3.89. The largest absolute Gasteiger partial charge is 0.456 e. The van der Waals surface area contributed by atoms with Crippen LogP contribution in [0.4, 0.5) is 17.1 Å². The van der Waals surface area contributed by atoms with Gasteiger partial charge < -0.3 is 9.64 Å². The van der Waals surface area contributed by atoms with E-state index in [2.05, 4.69) is 207 Å². The summed E-state index contributed by atoms with van der Waals surface area (Å²) in [7, 11) is 0. The van der Waals surface area contributed by atoms with Gasteiger partial charge in [-0.15, -0.1) is 11.3 Å². The fourth-order valence-electron chi connectivity index (χ4n) is 11.0. The number of para-hydroxylation sites is 1. The molecule has 0 fully saturated rings. The molecule has 59 heavy (non-hydrogen) atoms. The van der Waals surface area contributed by atoms with E-state index < -0.39 is 5.41 Å². The van der Waals surface area contributed by atoms with E-state index in [1.165, 1.54) is 86.9 Å². The zero-order valence-electron chi connectivity index (χ0n) is 32.7. The number of anilines is 3. The second-order valence-corrected chi connectivity index (χ2v) is 17.8. The standard InChI is InChI=1S/C56H37NOS/c1-55(2)42-21-8-5-17-37(42)38-31-30-35(33-47(38)55)57(49-26-13-20-40-39-18-7-12-28-51(39)59-54(40)49)48-25-14-24-45-52(48)41-19-6-9-22-43(41)56(45)44-23-10-11-27-50(44)58-53-36-16-4-3-15-34(36)29-32-46(53)56/h3-33H,1-2H3. The number of benzene rings is 9. The molecule has 0 N–H and O–H groups in total. The summed E-state index contributed by atoms with van der Waals surface area (Å²) in [6.45, 7) is 4.75. The molecule has 2 nitrogen and oxygen atoms in total. The number of thiophene rings is 1. The molecule has 1 unspecified atom stereocenters. The summed E-state index contributed by atoms with van der Waals surface area (Å²) in [5.41, 5.74) is 15.5. The van der Waals surface area contributed by atoms with Gasteiger partial charge in [0.1, 0.15) is 11.5 Å². The highest BCUT2D eigenvalue weighted by atomic mass is 32.1. The highest BCUT2D eigenvalue weighted by Gasteiger charge is 2.52. The molecule has 3 heteroatoms. The van der Waals surface area contributed by atoms with E-state index in [0.29, 0.717) is 0 Å². The quantitative estimate of drug-likeness (QED) is 0.177. The third kappa shape index (κ3) is 4.25. The number of hydrogen-bond donors (Lipinski definition) is 0. The average molecular weight is 772 g/mol. The zero-order valence-corrected chi connectivity index (χ0v) is 33.5. The third-order valence-corrected chi connectivity index (χ3v) is 14.7. The van der Waals surface area contributed by atoms with Crippen LogP contribution in [0.25, 0.3) is 53.2 Å². The molecule has 10 aromatic rings. The fraction of sp³-hybridized carbons (Fsp3) is 0.0714. The van der Waals surface area contributed by atoms with E-state index in [1.54, 1.807) is 0 Å². The summed E-state index contributed by atoms with van der Waals surface area (Å²) in [6, 6.07) is 69.8. The summed E-state index contributed by atoms with van der Waals surface area (Å²) >= 11 is 1.89. The lowest BCUT2D eigenvalue weighted by molar-refractivity contribution is 0.441. The Morgan fingerprint density at radius 1 is 0.458 bits per heavy atom. The van der Waals surface area contributed by atoms with Gasteiger partial charge in [0.25, 0.3) is 0 Å². The van der Waals surface area contributed by atoms with Crippen molar-refractivity contribution in [2.75, 3.05) is 4.90 Å². The van der Waals surface area contributed by atoms with Crippen LogP contribution in [0.5, 0.6) is 11.5 Å². The topological polar surface area (TPSA) is 12.5 Å². The first-order valence-electron chi connectivity index (χ1n) is 20.5. The Morgan fingerprint density at radius 2 is 1.12 bits per heavy atom. The number of hydrogen-bond acceptors (Lipinski definition) is 3. The van der Waals surface area contributed by atoms with Gasteiger partial charge in [-0.3, -0.25) is 0 Å². The van der Waals surface area contributed by atoms with Crippen LogP contribution >= 0.6 is 11.3 Å². The monoisotopic (exact) mass is 771 g/mol. The van der Waals surface area contributed by atoms with Crippen molar-refractivity contribution < 1.29 is 4.74 Å². The first-order valence-corrected chi connectivity index (χ1v) is 21.3. The molecule has 0 saturated carbocycles. The van der Waals surface area contributed by atoms with Gasteiger partial charge in [0.05, 0.1) is 21.5 Å². The van der Waals surface area contributed by atoms with Crippen molar-refractivity contribution in [2.24, 2.45) is 0 Å². The van der Waals surface area contributed by atoms with Crippen LogP contribution in [-0.2, 0) is 10.8 Å².